The summed E-state index contributed by atoms with van der Waals surface area (Å²) in [6, 6.07) is 13.4. The van der Waals surface area contributed by atoms with Crippen molar-refractivity contribution in [2.24, 2.45) is 0 Å². The molecular weight excluding hydrogens is 372 g/mol. The van der Waals surface area contributed by atoms with Gasteiger partial charge in [-0.15, -0.1) is 16.8 Å². The number of para-hydroxylation sites is 2. The van der Waals surface area contributed by atoms with Gasteiger partial charge in [-0.1, -0.05) is 55.1 Å². The van der Waals surface area contributed by atoms with E-state index in [0.717, 1.165) is 22.6 Å². The van der Waals surface area contributed by atoms with E-state index in [-0.39, 0.29) is 5.75 Å². The van der Waals surface area contributed by atoms with Crippen molar-refractivity contribution in [3.8, 4) is 22.9 Å². The molecule has 0 spiro atoms. The number of hydrogen-bond acceptors (Lipinski definition) is 7. The van der Waals surface area contributed by atoms with Gasteiger partial charge in [-0.05, 0) is 29.9 Å². The third-order valence-corrected chi connectivity index (χ3v) is 5.12. The fourth-order valence-electron chi connectivity index (χ4n) is 3.12. The molecule has 1 aliphatic heterocycles. The topological polar surface area (TPSA) is 80.2 Å². The van der Waals surface area contributed by atoms with Crippen molar-refractivity contribution < 1.29 is 9.84 Å². The minimum absolute atomic E-state index is 0.186. The Morgan fingerprint density at radius 2 is 2.07 bits per heavy atom. The average Bonchev–Trinajstić information content (AvgIpc) is 2.86. The molecule has 0 saturated carbocycles. The number of hydrogen-bond donors (Lipinski definition) is 2. The second-order valence-corrected chi connectivity index (χ2v) is 7.45. The van der Waals surface area contributed by atoms with Gasteiger partial charge in [-0.3, -0.25) is 0 Å². The minimum atomic E-state index is -0.622. The van der Waals surface area contributed by atoms with Gasteiger partial charge < -0.3 is 15.2 Å². The predicted octanol–water partition coefficient (Wildman–Crippen LogP) is 4.59. The van der Waals surface area contributed by atoms with Crippen LogP contribution in [0.2, 0.25) is 0 Å². The first-order valence-corrected chi connectivity index (χ1v) is 10.0. The zero-order valence-electron chi connectivity index (χ0n) is 15.4. The zero-order chi connectivity index (χ0) is 19.5. The summed E-state index contributed by atoms with van der Waals surface area (Å²) in [5.41, 5.74) is 3.69. The van der Waals surface area contributed by atoms with Crippen molar-refractivity contribution >= 4 is 17.4 Å². The summed E-state index contributed by atoms with van der Waals surface area (Å²) < 4.78 is 6.20. The van der Waals surface area contributed by atoms with Crippen LogP contribution in [0.5, 0.6) is 11.6 Å². The molecule has 0 radical (unpaired) electrons. The lowest BCUT2D eigenvalue weighted by molar-refractivity contribution is 0.220. The number of nitrogens with zero attached hydrogens (tertiary/aromatic N) is 3. The Kier molecular flexibility index (Phi) is 5.16. The van der Waals surface area contributed by atoms with Crippen molar-refractivity contribution in [1.29, 1.82) is 0 Å². The molecule has 3 aromatic rings. The van der Waals surface area contributed by atoms with E-state index in [1.54, 1.807) is 6.08 Å². The van der Waals surface area contributed by atoms with Gasteiger partial charge in [0.1, 0.15) is 5.75 Å². The molecule has 28 heavy (non-hydrogen) atoms. The number of aromatic nitrogens is 3. The molecule has 4 rings (SSSR count). The highest BCUT2D eigenvalue weighted by atomic mass is 32.2. The van der Waals surface area contributed by atoms with Crippen LogP contribution in [0, 0.1) is 0 Å². The number of ether oxygens (including phenoxy) is 1. The first kappa shape index (κ1) is 18.3. The lowest BCUT2D eigenvalue weighted by Crippen LogP contribution is -2.17. The van der Waals surface area contributed by atoms with Gasteiger partial charge in [0.25, 0.3) is 0 Å². The van der Waals surface area contributed by atoms with Crippen molar-refractivity contribution in [2.45, 2.75) is 24.7 Å². The van der Waals surface area contributed by atoms with Crippen LogP contribution in [0.25, 0.3) is 11.3 Å². The monoisotopic (exact) mass is 392 g/mol. The van der Waals surface area contributed by atoms with Crippen LogP contribution in [-0.2, 0) is 6.42 Å². The summed E-state index contributed by atoms with van der Waals surface area (Å²) in [6.07, 6.45) is 1.71. The lowest BCUT2D eigenvalue weighted by atomic mass is 10.0. The van der Waals surface area contributed by atoms with Gasteiger partial charge in [0.05, 0.1) is 5.56 Å². The molecule has 1 atom stereocenters. The van der Waals surface area contributed by atoms with E-state index in [4.69, 9.17) is 4.74 Å². The van der Waals surface area contributed by atoms with Crippen LogP contribution >= 0.6 is 11.8 Å². The summed E-state index contributed by atoms with van der Waals surface area (Å²) >= 11 is 1.50. The van der Waals surface area contributed by atoms with Crippen LogP contribution in [-0.4, -0.2) is 26.0 Å². The predicted molar refractivity (Wildman–Crippen MR) is 111 cm³/mol. The Balaban J connectivity index is 1.83. The van der Waals surface area contributed by atoms with Crippen LogP contribution in [0.1, 0.15) is 24.3 Å². The molecule has 0 aliphatic carbocycles. The van der Waals surface area contributed by atoms with Crippen LogP contribution in [0.3, 0.4) is 0 Å². The summed E-state index contributed by atoms with van der Waals surface area (Å²) in [7, 11) is 0. The molecule has 2 heterocycles. The summed E-state index contributed by atoms with van der Waals surface area (Å²) in [6.45, 7) is 5.79. The average molecular weight is 392 g/mol. The molecule has 1 aliphatic rings. The summed E-state index contributed by atoms with van der Waals surface area (Å²) in [4.78, 5) is 4.56. The minimum Gasteiger partial charge on any atom is -0.507 e. The number of phenolic OH excluding ortho intramolecular Hbond substituents is 1. The van der Waals surface area contributed by atoms with Gasteiger partial charge in [-0.25, -0.2) is 0 Å². The van der Waals surface area contributed by atoms with Crippen molar-refractivity contribution in [2.75, 3.05) is 11.1 Å². The molecule has 2 aromatic carbocycles. The molecule has 0 saturated heterocycles. The maximum Gasteiger partial charge on any atom is 0.247 e. The van der Waals surface area contributed by atoms with Crippen molar-refractivity contribution in [1.82, 2.24) is 15.2 Å². The second-order valence-electron chi connectivity index (χ2n) is 6.22. The van der Waals surface area contributed by atoms with Gasteiger partial charge in [0, 0.05) is 11.3 Å². The Bertz CT molecular complexity index is 1030. The van der Waals surface area contributed by atoms with E-state index < -0.39 is 6.23 Å². The lowest BCUT2D eigenvalue weighted by Gasteiger charge is -2.21. The third-order valence-electron chi connectivity index (χ3n) is 4.40. The number of benzene rings is 2. The van der Waals surface area contributed by atoms with Crippen molar-refractivity contribution in [3.05, 3.63) is 66.2 Å². The molecule has 7 heteroatoms. The number of allylic oxidation sites excluding steroid dienone is 1. The third kappa shape index (κ3) is 3.41. The molecule has 0 fully saturated rings. The molecule has 0 bridgehead atoms. The number of rotatable bonds is 5. The van der Waals surface area contributed by atoms with E-state index >= 15 is 0 Å². The van der Waals surface area contributed by atoms with Gasteiger partial charge in [0.2, 0.25) is 17.3 Å². The SMILES string of the molecule is C=CCc1cccc(C2Nc3ccccc3-c3nnc(SCC)nc3O2)c1O. The largest absolute Gasteiger partial charge is 0.507 e. The van der Waals surface area contributed by atoms with E-state index in [1.807, 2.05) is 49.4 Å². The Morgan fingerprint density at radius 1 is 1.21 bits per heavy atom. The maximum atomic E-state index is 10.8. The number of nitrogens with one attached hydrogen (secondary N) is 1. The molecular formula is C21H20N4O2S. The number of aromatic hydroxyl groups is 1. The highest BCUT2D eigenvalue weighted by Gasteiger charge is 2.28. The van der Waals surface area contributed by atoms with Crippen molar-refractivity contribution in [3.63, 3.8) is 0 Å². The quantitative estimate of drug-likeness (QED) is 0.486. The Hall–Kier alpha value is -3.06. The highest BCUT2D eigenvalue weighted by Crippen LogP contribution is 2.41. The first-order chi connectivity index (χ1) is 13.7. The molecule has 6 nitrogen and oxygen atoms in total. The number of fused-ring (bicyclic) bond motifs is 3. The first-order valence-electron chi connectivity index (χ1n) is 9.03. The number of thioether (sulfide) groups is 1. The zero-order valence-corrected chi connectivity index (χ0v) is 16.2. The molecule has 1 aromatic heterocycles. The van der Waals surface area contributed by atoms with Crippen LogP contribution < -0.4 is 10.1 Å². The van der Waals surface area contributed by atoms with E-state index in [0.29, 0.717) is 28.7 Å². The molecule has 0 amide bonds. The van der Waals surface area contributed by atoms with E-state index in [1.165, 1.54) is 11.8 Å². The summed E-state index contributed by atoms with van der Waals surface area (Å²) in [5, 5.41) is 23.3. The Labute approximate surface area is 167 Å². The normalized spacial score (nSPS) is 14.8. The van der Waals surface area contributed by atoms with Crippen LogP contribution in [0.4, 0.5) is 5.69 Å². The standard InChI is InChI=1S/C21H20N4O2S/c1-3-8-13-9-7-11-15(18(13)26)19-22-16-12-6-5-10-14(16)17-20(27-19)23-21(25-24-17)28-4-2/h3,5-7,9-12,19,22,26H,1,4,8H2,2H3. The fraction of sp³-hybridized carbons (Fsp3) is 0.190. The van der Waals surface area contributed by atoms with Gasteiger partial charge in [-0.2, -0.15) is 4.98 Å². The second kappa shape index (κ2) is 7.90. The van der Waals surface area contributed by atoms with E-state index in [9.17, 15) is 5.11 Å². The fourth-order valence-corrected chi connectivity index (χ4v) is 3.63. The smallest absolute Gasteiger partial charge is 0.247 e. The van der Waals surface area contributed by atoms with Gasteiger partial charge in [0.15, 0.2) is 5.69 Å². The number of phenols is 1. The molecule has 2 N–H and O–H groups in total. The molecule has 142 valence electrons. The summed E-state index contributed by atoms with van der Waals surface area (Å²) in [5.74, 6) is 1.41. The number of anilines is 1. The van der Waals surface area contributed by atoms with E-state index in [2.05, 4.69) is 27.1 Å². The van der Waals surface area contributed by atoms with Crippen LogP contribution in [0.15, 0.2) is 60.3 Å². The molecule has 1 unspecified atom stereocenters. The maximum absolute atomic E-state index is 10.8. The highest BCUT2D eigenvalue weighted by molar-refractivity contribution is 7.99. The van der Waals surface area contributed by atoms with Gasteiger partial charge >= 0.3 is 0 Å². The Morgan fingerprint density at radius 3 is 2.89 bits per heavy atom.